The topological polar surface area (TPSA) is 63.1 Å². The maximum atomic E-state index is 12.3. The lowest BCUT2D eigenvalue weighted by molar-refractivity contribution is -0.118. The SMILES string of the molecule is C=CCOc1ccc(C=N/N=C2\NC(=O)C(Cc3ccc(CCCC)cc3)S2)cc1. The van der Waals surface area contributed by atoms with Crippen LogP contribution in [-0.2, 0) is 17.6 Å². The fourth-order valence-electron chi connectivity index (χ4n) is 2.98. The normalized spacial score (nSPS) is 17.4. The molecule has 1 fully saturated rings. The van der Waals surface area contributed by atoms with E-state index in [1.54, 1.807) is 12.3 Å². The molecule has 6 heteroatoms. The zero-order chi connectivity index (χ0) is 21.2. The van der Waals surface area contributed by atoms with Gasteiger partial charge < -0.3 is 10.1 Å². The molecule has 1 N–H and O–H groups in total. The number of ether oxygens (including phenoxy) is 1. The molecular weight excluding hydrogens is 394 g/mol. The van der Waals surface area contributed by atoms with Gasteiger partial charge in [0.1, 0.15) is 12.4 Å². The lowest BCUT2D eigenvalue weighted by atomic mass is 10.0. The van der Waals surface area contributed by atoms with E-state index in [1.165, 1.54) is 30.2 Å². The van der Waals surface area contributed by atoms with Crippen LogP contribution in [0.25, 0.3) is 0 Å². The van der Waals surface area contributed by atoms with Crippen molar-refractivity contribution in [1.29, 1.82) is 0 Å². The number of amides is 1. The third kappa shape index (κ3) is 6.59. The molecule has 2 aromatic carbocycles. The number of unbranched alkanes of at least 4 members (excludes halogenated alkanes) is 1. The Kier molecular flexibility index (Phi) is 8.27. The molecule has 156 valence electrons. The van der Waals surface area contributed by atoms with E-state index < -0.39 is 0 Å². The van der Waals surface area contributed by atoms with Gasteiger partial charge in [-0.15, -0.1) is 5.10 Å². The van der Waals surface area contributed by atoms with Crippen LogP contribution in [-0.4, -0.2) is 29.1 Å². The molecule has 3 rings (SSSR count). The quantitative estimate of drug-likeness (QED) is 0.342. The minimum Gasteiger partial charge on any atom is -0.490 e. The lowest BCUT2D eigenvalue weighted by Crippen LogP contribution is -2.25. The van der Waals surface area contributed by atoms with E-state index in [-0.39, 0.29) is 11.2 Å². The molecule has 0 bridgehead atoms. The highest BCUT2D eigenvalue weighted by Crippen LogP contribution is 2.23. The van der Waals surface area contributed by atoms with E-state index in [0.717, 1.165) is 23.3 Å². The standard InChI is InChI=1S/C24H27N3O2S/c1-3-5-6-18-7-9-19(10-8-18)16-22-23(28)26-24(30-22)27-25-17-20-11-13-21(14-12-20)29-15-4-2/h4,7-14,17,22H,2-3,5-6,15-16H2,1H3,(H,26,27,28). The van der Waals surface area contributed by atoms with Gasteiger partial charge in [0, 0.05) is 0 Å². The predicted octanol–water partition coefficient (Wildman–Crippen LogP) is 4.76. The summed E-state index contributed by atoms with van der Waals surface area (Å²) in [7, 11) is 0. The minimum absolute atomic E-state index is 0.0206. The molecule has 1 amide bonds. The first-order chi connectivity index (χ1) is 14.7. The highest BCUT2D eigenvalue weighted by atomic mass is 32.2. The van der Waals surface area contributed by atoms with Crippen LogP contribution in [0.1, 0.15) is 36.5 Å². The number of hydrogen-bond donors (Lipinski definition) is 1. The monoisotopic (exact) mass is 421 g/mol. The Labute approximate surface area is 182 Å². The second-order valence-electron chi connectivity index (χ2n) is 7.04. The number of carbonyl (C=O) groups is 1. The van der Waals surface area contributed by atoms with Crippen LogP contribution < -0.4 is 10.1 Å². The Morgan fingerprint density at radius 1 is 1.13 bits per heavy atom. The fraction of sp³-hybridized carbons (Fsp3) is 0.292. The number of hydrogen-bond acceptors (Lipinski definition) is 5. The molecule has 0 saturated carbocycles. The van der Waals surface area contributed by atoms with Crippen LogP contribution in [0, 0.1) is 0 Å². The van der Waals surface area contributed by atoms with Crippen molar-refractivity contribution in [3.8, 4) is 5.75 Å². The summed E-state index contributed by atoms with van der Waals surface area (Å²) in [6.45, 7) is 6.30. The summed E-state index contributed by atoms with van der Waals surface area (Å²) in [5, 5.41) is 11.4. The molecule has 1 heterocycles. The van der Waals surface area contributed by atoms with Gasteiger partial charge in [-0.2, -0.15) is 5.10 Å². The molecule has 2 aromatic rings. The van der Waals surface area contributed by atoms with Crippen LogP contribution in [0.3, 0.4) is 0 Å². The minimum atomic E-state index is -0.179. The summed E-state index contributed by atoms with van der Waals surface area (Å²) in [6.07, 6.45) is 7.54. The molecule has 1 atom stereocenters. The Morgan fingerprint density at radius 2 is 1.87 bits per heavy atom. The largest absolute Gasteiger partial charge is 0.490 e. The number of amidine groups is 1. The summed E-state index contributed by atoms with van der Waals surface area (Å²) >= 11 is 1.42. The zero-order valence-corrected chi connectivity index (χ0v) is 18.0. The summed E-state index contributed by atoms with van der Waals surface area (Å²) in [5.74, 6) is 0.756. The first kappa shape index (κ1) is 21.8. The second-order valence-corrected chi connectivity index (χ2v) is 8.23. The van der Waals surface area contributed by atoms with Crippen LogP contribution in [0.5, 0.6) is 5.75 Å². The fourth-order valence-corrected chi connectivity index (χ4v) is 3.94. The molecule has 0 aromatic heterocycles. The van der Waals surface area contributed by atoms with Gasteiger partial charge in [-0.25, -0.2) is 0 Å². The van der Waals surface area contributed by atoms with E-state index in [4.69, 9.17) is 4.74 Å². The van der Waals surface area contributed by atoms with Crippen molar-refractivity contribution in [3.05, 3.63) is 77.9 Å². The number of nitrogens with one attached hydrogen (secondary N) is 1. The third-order valence-corrected chi connectivity index (χ3v) is 5.72. The van der Waals surface area contributed by atoms with Gasteiger partial charge in [-0.05, 0) is 60.2 Å². The van der Waals surface area contributed by atoms with Crippen LogP contribution in [0.4, 0.5) is 0 Å². The number of thioether (sulfide) groups is 1. The van der Waals surface area contributed by atoms with Gasteiger partial charge in [0.15, 0.2) is 5.17 Å². The number of benzene rings is 2. The first-order valence-corrected chi connectivity index (χ1v) is 11.1. The maximum Gasteiger partial charge on any atom is 0.239 e. The predicted molar refractivity (Wildman–Crippen MR) is 125 cm³/mol. The van der Waals surface area contributed by atoms with Crippen LogP contribution >= 0.6 is 11.8 Å². The van der Waals surface area contributed by atoms with Gasteiger partial charge in [0.25, 0.3) is 0 Å². The van der Waals surface area contributed by atoms with E-state index >= 15 is 0 Å². The highest BCUT2D eigenvalue weighted by molar-refractivity contribution is 8.15. The van der Waals surface area contributed by atoms with Gasteiger partial charge in [0.05, 0.1) is 11.5 Å². The highest BCUT2D eigenvalue weighted by Gasteiger charge is 2.30. The molecule has 1 unspecified atom stereocenters. The van der Waals surface area contributed by atoms with E-state index in [2.05, 4.69) is 53.3 Å². The molecule has 1 aliphatic rings. The number of rotatable bonds is 10. The summed E-state index contributed by atoms with van der Waals surface area (Å²) in [4.78, 5) is 12.3. The van der Waals surface area contributed by atoms with E-state index in [9.17, 15) is 4.79 Å². The zero-order valence-electron chi connectivity index (χ0n) is 17.2. The van der Waals surface area contributed by atoms with E-state index in [0.29, 0.717) is 18.2 Å². The molecule has 5 nitrogen and oxygen atoms in total. The third-order valence-electron chi connectivity index (χ3n) is 4.64. The number of carbonyl (C=O) groups excluding carboxylic acids is 1. The first-order valence-electron chi connectivity index (χ1n) is 10.2. The van der Waals surface area contributed by atoms with Crippen molar-refractivity contribution in [2.24, 2.45) is 10.2 Å². The Balaban J connectivity index is 1.52. The van der Waals surface area contributed by atoms with Crippen molar-refractivity contribution in [2.45, 2.75) is 37.9 Å². The Morgan fingerprint density at radius 3 is 2.57 bits per heavy atom. The smallest absolute Gasteiger partial charge is 0.239 e. The summed E-state index contributed by atoms with van der Waals surface area (Å²) in [5.41, 5.74) is 3.41. The van der Waals surface area contributed by atoms with Crippen molar-refractivity contribution in [1.82, 2.24) is 5.32 Å². The van der Waals surface area contributed by atoms with Crippen LogP contribution in [0.15, 0.2) is 71.4 Å². The average Bonchev–Trinajstić information content (AvgIpc) is 3.11. The molecule has 1 aliphatic heterocycles. The molecule has 30 heavy (non-hydrogen) atoms. The number of aryl methyl sites for hydroxylation is 1. The Hall–Kier alpha value is -2.86. The second kappa shape index (κ2) is 11.4. The number of nitrogens with zero attached hydrogens (tertiary/aromatic N) is 2. The van der Waals surface area contributed by atoms with Crippen molar-refractivity contribution in [2.75, 3.05) is 6.61 Å². The van der Waals surface area contributed by atoms with Gasteiger partial charge in [-0.1, -0.05) is 62.0 Å². The van der Waals surface area contributed by atoms with Crippen LogP contribution in [0.2, 0.25) is 0 Å². The summed E-state index contributed by atoms with van der Waals surface area (Å²) < 4.78 is 5.45. The average molecular weight is 422 g/mol. The van der Waals surface area contributed by atoms with Crippen molar-refractivity contribution >= 4 is 29.1 Å². The van der Waals surface area contributed by atoms with Gasteiger partial charge in [0.2, 0.25) is 5.91 Å². The van der Waals surface area contributed by atoms with Crippen molar-refractivity contribution in [3.63, 3.8) is 0 Å². The molecule has 0 aliphatic carbocycles. The Bertz CT molecular complexity index is 905. The molecule has 0 spiro atoms. The van der Waals surface area contributed by atoms with E-state index in [1.807, 2.05) is 24.3 Å². The molecule has 0 radical (unpaired) electrons. The summed E-state index contributed by atoms with van der Waals surface area (Å²) in [6, 6.07) is 16.1. The lowest BCUT2D eigenvalue weighted by Gasteiger charge is -2.06. The molecular formula is C24H27N3O2S. The van der Waals surface area contributed by atoms with Gasteiger partial charge >= 0.3 is 0 Å². The van der Waals surface area contributed by atoms with Crippen molar-refractivity contribution < 1.29 is 9.53 Å². The van der Waals surface area contributed by atoms with Gasteiger partial charge in [-0.3, -0.25) is 4.79 Å². The molecule has 1 saturated heterocycles. The maximum absolute atomic E-state index is 12.3.